The molecule has 7 aromatic carbocycles. The number of nitrogens with one attached hydrogen (secondary N) is 5. The van der Waals surface area contributed by atoms with Crippen LogP contribution in [0.2, 0.25) is 0 Å². The van der Waals surface area contributed by atoms with Gasteiger partial charge in [-0.2, -0.15) is 23.5 Å². The number of aliphatic hydroxyl groups is 6. The Morgan fingerprint density at radius 2 is 0.915 bits per heavy atom. The highest BCUT2D eigenvalue weighted by molar-refractivity contribution is 7.99. The summed E-state index contributed by atoms with van der Waals surface area (Å²) in [7, 11) is 2.16. The van der Waals surface area contributed by atoms with Crippen LogP contribution in [0.5, 0.6) is 5.75 Å². The standard InChI is InChI=1S/C88H103N5O23S2/c1-54(94)92-76-70(97)49-87(85(107)109-3,115-80(76)78(102)72(99)51-90-82(104)60-34-30-58(31-35-60)56-20-7-5-8-21-56)113-42-18-45-117-44-17-28-69(96)67-39-38-62(48-74(67)111-41-16-15-29-75(101)112-53-68-65-26-13-11-24-63(65)64-25-12-14-27-66(64)68)84(106)89-40-47-118-46-19-43-114-88(86(108)110-4)50-71(98)77(93-55(2)95)81(116-88)79(103)73(100)52-91-83(105)61-36-32-59(33-37-61)57-22-9-6-10-23-57/h5-14,20-27,30-39,48,68,70-73,76-81,97-100,102-103H,15-19,28-29,40-47,49-53H2,1-4H3,(H,89,106)(H,90,104)(H,91,105)(H,92,94)(H,93,95)/t70?,71?,72?,73?,76?,77?,78?,79-,80?,81?,87?,88?/m1/s1. The van der Waals surface area contributed by atoms with Crippen LogP contribution in [0.1, 0.15) is 130 Å². The van der Waals surface area contributed by atoms with Crippen LogP contribution in [0, 0.1) is 0 Å². The molecule has 0 aromatic heterocycles. The number of hydrogen-bond acceptors (Lipinski definition) is 25. The lowest BCUT2D eigenvalue weighted by atomic mass is 9.88. The number of ketones is 1. The highest BCUT2D eigenvalue weighted by atomic mass is 32.2. The van der Waals surface area contributed by atoms with Crippen molar-refractivity contribution in [1.29, 1.82) is 0 Å². The van der Waals surface area contributed by atoms with E-state index < -0.39 is 140 Å². The van der Waals surface area contributed by atoms with Gasteiger partial charge in [0.15, 0.2) is 5.78 Å². The third-order valence-electron chi connectivity index (χ3n) is 20.5. The molecule has 0 radical (unpaired) electrons. The number of Topliss-reactive ketones (excluding diaryl/α,β-unsaturated/α-hetero) is 1. The van der Waals surface area contributed by atoms with E-state index in [1.54, 1.807) is 48.5 Å². The second-order valence-electron chi connectivity index (χ2n) is 28.9. The number of carbonyl (C=O) groups is 9. The summed E-state index contributed by atoms with van der Waals surface area (Å²) in [5.41, 5.74) is 9.05. The number of thioether (sulfide) groups is 2. The summed E-state index contributed by atoms with van der Waals surface area (Å²) in [5, 5.41) is 81.7. The monoisotopic (exact) mass is 1660 g/mol. The molecule has 630 valence electrons. The fraction of sp³-hybridized carbons (Fsp3) is 0.420. The number of ether oxygens (including phenoxy) is 8. The first-order valence-corrected chi connectivity index (χ1v) is 41.6. The Labute approximate surface area is 693 Å². The molecular formula is C88H103N5O23S2. The molecule has 10 rings (SSSR count). The summed E-state index contributed by atoms with van der Waals surface area (Å²) < 4.78 is 46.6. The van der Waals surface area contributed by atoms with Gasteiger partial charge >= 0.3 is 17.9 Å². The minimum absolute atomic E-state index is 0.0873. The van der Waals surface area contributed by atoms with E-state index in [1.807, 2.05) is 97.1 Å². The number of aliphatic hydroxyl groups excluding tert-OH is 6. The van der Waals surface area contributed by atoms with Crippen LogP contribution in [0.25, 0.3) is 33.4 Å². The Kier molecular flexibility index (Phi) is 33.9. The molecule has 0 saturated carbocycles. The summed E-state index contributed by atoms with van der Waals surface area (Å²) in [5.74, 6) is -8.24. The van der Waals surface area contributed by atoms with Gasteiger partial charge in [-0.1, -0.05) is 133 Å². The van der Waals surface area contributed by atoms with Crippen molar-refractivity contribution < 1.29 is 112 Å². The lowest BCUT2D eigenvalue weighted by Gasteiger charge is -2.47. The Morgan fingerprint density at radius 3 is 1.39 bits per heavy atom. The van der Waals surface area contributed by atoms with Crippen LogP contribution in [-0.2, 0) is 57.1 Å². The van der Waals surface area contributed by atoms with Crippen LogP contribution in [0.3, 0.4) is 0 Å². The van der Waals surface area contributed by atoms with Crippen LogP contribution >= 0.6 is 23.5 Å². The van der Waals surface area contributed by atoms with Gasteiger partial charge in [-0.15, -0.1) is 0 Å². The highest BCUT2D eigenvalue weighted by Crippen LogP contribution is 2.45. The molecule has 2 saturated heterocycles. The summed E-state index contributed by atoms with van der Waals surface area (Å²) >= 11 is 2.93. The molecule has 5 amide bonds. The average molecular weight is 1660 g/mol. The fourth-order valence-electron chi connectivity index (χ4n) is 14.4. The number of unbranched alkanes of at least 4 members (excludes halogenated alkanes) is 1. The van der Waals surface area contributed by atoms with Crippen LogP contribution in [0.4, 0.5) is 0 Å². The molecule has 2 fully saturated rings. The molecule has 1 aliphatic carbocycles. The van der Waals surface area contributed by atoms with Gasteiger partial charge in [0.25, 0.3) is 29.3 Å². The minimum atomic E-state index is -2.30. The quantitative estimate of drug-likeness (QED) is 0.00775. The molecule has 0 spiro atoms. The van der Waals surface area contributed by atoms with Crippen molar-refractivity contribution in [2.75, 3.05) is 83.3 Å². The third-order valence-corrected chi connectivity index (χ3v) is 22.7. The second kappa shape index (κ2) is 44.2. The van der Waals surface area contributed by atoms with E-state index >= 15 is 0 Å². The van der Waals surface area contributed by atoms with Gasteiger partial charge in [-0.05, 0) is 136 Å². The summed E-state index contributed by atoms with van der Waals surface area (Å²) in [4.78, 5) is 119. The van der Waals surface area contributed by atoms with Gasteiger partial charge in [0.1, 0.15) is 36.8 Å². The minimum Gasteiger partial charge on any atom is -0.493 e. The van der Waals surface area contributed by atoms with Gasteiger partial charge in [-0.3, -0.25) is 33.6 Å². The Bertz CT molecular complexity index is 4490. The van der Waals surface area contributed by atoms with E-state index in [4.69, 9.17) is 37.9 Å². The van der Waals surface area contributed by atoms with Gasteiger partial charge in [0, 0.05) is 87.5 Å². The van der Waals surface area contributed by atoms with Crippen molar-refractivity contribution >= 4 is 76.8 Å². The zero-order chi connectivity index (χ0) is 84.3. The van der Waals surface area contributed by atoms with Gasteiger partial charge < -0.3 is 95.1 Å². The summed E-state index contributed by atoms with van der Waals surface area (Å²) in [6.07, 6.45) is -12.7. The van der Waals surface area contributed by atoms with Crippen molar-refractivity contribution in [3.8, 4) is 39.1 Å². The number of fused-ring (bicyclic) bond motifs is 3. The number of methoxy groups -OCH3 is 2. The number of hydrogen-bond donors (Lipinski definition) is 11. The number of benzene rings is 7. The zero-order valence-electron chi connectivity index (χ0n) is 66.2. The van der Waals surface area contributed by atoms with Crippen LogP contribution < -0.4 is 31.3 Å². The molecule has 30 heteroatoms. The van der Waals surface area contributed by atoms with Crippen molar-refractivity contribution in [3.63, 3.8) is 0 Å². The first kappa shape index (κ1) is 90.4. The first-order valence-electron chi connectivity index (χ1n) is 39.3. The van der Waals surface area contributed by atoms with Gasteiger partial charge in [0.2, 0.25) is 11.8 Å². The third kappa shape index (κ3) is 24.2. The smallest absolute Gasteiger partial charge is 0.366 e. The van der Waals surface area contributed by atoms with Crippen molar-refractivity contribution in [1.82, 2.24) is 26.6 Å². The maximum Gasteiger partial charge on any atom is 0.366 e. The predicted octanol–water partition coefficient (Wildman–Crippen LogP) is 7.25. The SMILES string of the molecule is COC(=O)C1(OCCCSCCCC(=O)c2ccc(C(=O)NCCSCCCOC3(C(=O)OC)CC(O)C(NC(C)=O)C([C@H](O)C(O)CNC(=O)c4ccc(-c5ccccc5)cc4)O3)cc2OCCCCC(=O)OCC2c3ccccc3-c3ccccc32)CC(O)C(NC(C)=O)C(C(O)C(O)CNC(=O)c2ccc(-c3ccccc3)cc2)O1. The molecule has 118 heavy (non-hydrogen) atoms. The average Bonchev–Trinajstić information content (AvgIpc) is 1.51. The fourth-order valence-corrected chi connectivity index (χ4v) is 16.1. The van der Waals surface area contributed by atoms with E-state index in [0.29, 0.717) is 55.1 Å². The number of esters is 3. The number of rotatable bonds is 43. The van der Waals surface area contributed by atoms with E-state index in [-0.39, 0.29) is 91.5 Å². The number of carbonyl (C=O) groups excluding carboxylic acids is 9. The largest absolute Gasteiger partial charge is 0.493 e. The van der Waals surface area contributed by atoms with Crippen LogP contribution in [0.15, 0.2) is 176 Å². The molecule has 3 aliphatic rings. The molecule has 0 bridgehead atoms. The Morgan fingerprint density at radius 1 is 0.483 bits per heavy atom. The molecule has 11 unspecified atom stereocenters. The topological polar surface area (TPSA) is 409 Å². The van der Waals surface area contributed by atoms with E-state index in [0.717, 1.165) is 58.7 Å². The van der Waals surface area contributed by atoms with Crippen molar-refractivity contribution in [3.05, 3.63) is 209 Å². The van der Waals surface area contributed by atoms with E-state index in [2.05, 4.69) is 38.7 Å². The summed E-state index contributed by atoms with van der Waals surface area (Å²) in [6.45, 7) is 1.59. The molecule has 28 nitrogen and oxygen atoms in total. The lowest BCUT2D eigenvalue weighted by molar-refractivity contribution is -0.311. The molecule has 2 heterocycles. The molecule has 11 N–H and O–H groups in total. The highest BCUT2D eigenvalue weighted by Gasteiger charge is 2.58. The molecule has 7 aromatic rings. The predicted molar refractivity (Wildman–Crippen MR) is 440 cm³/mol. The molecule has 2 aliphatic heterocycles. The van der Waals surface area contributed by atoms with Gasteiger partial charge in [-0.25, -0.2) is 9.59 Å². The van der Waals surface area contributed by atoms with Crippen LogP contribution in [-0.4, -0.2) is 240 Å². The normalized spacial score (nSPS) is 20.4. The second-order valence-corrected chi connectivity index (χ2v) is 31.4. The maximum atomic E-state index is 14.1. The Balaban J connectivity index is 0.697. The number of amides is 5. The van der Waals surface area contributed by atoms with Gasteiger partial charge in [0.05, 0.1) is 76.1 Å². The maximum absolute atomic E-state index is 14.1. The lowest BCUT2D eigenvalue weighted by Crippen LogP contribution is -2.68. The van der Waals surface area contributed by atoms with E-state index in [1.165, 1.54) is 55.6 Å². The van der Waals surface area contributed by atoms with E-state index in [9.17, 15) is 73.8 Å². The molecular weight excluding hydrogens is 1560 g/mol. The summed E-state index contributed by atoms with van der Waals surface area (Å²) in [6, 6.07) is 50.6. The first-order chi connectivity index (χ1) is 56.9. The van der Waals surface area contributed by atoms with Crippen molar-refractivity contribution in [2.45, 2.75) is 150 Å². The molecule has 12 atom stereocenters. The van der Waals surface area contributed by atoms with Crippen molar-refractivity contribution in [2.24, 2.45) is 0 Å². The Hall–Kier alpha value is -9.93. The zero-order valence-corrected chi connectivity index (χ0v) is 67.8.